The molecular weight excluding hydrogens is 231 g/mol. The number of imidazole rings is 1. The molecule has 1 aromatic heterocycles. The number of halogens is 3. The Bertz CT molecular complexity index is 326. The monoisotopic (exact) mass is 247 g/mol. The molecule has 2 N–H and O–H groups in total. The van der Waals surface area contributed by atoms with Crippen molar-refractivity contribution >= 4 is 0 Å². The van der Waals surface area contributed by atoms with E-state index in [1.54, 1.807) is 12.5 Å². The Morgan fingerprint density at radius 3 is 2.53 bits per heavy atom. The largest absolute Gasteiger partial charge is 0.391 e. The predicted molar refractivity (Wildman–Crippen MR) is 57.2 cm³/mol. The van der Waals surface area contributed by atoms with E-state index in [1.807, 2.05) is 0 Å². The highest BCUT2D eigenvalue weighted by Gasteiger charge is 2.41. The van der Waals surface area contributed by atoms with E-state index < -0.39 is 12.1 Å². The van der Waals surface area contributed by atoms with Crippen LogP contribution in [0.25, 0.3) is 0 Å². The third kappa shape index (κ3) is 3.46. The molecule has 1 heterocycles. The van der Waals surface area contributed by atoms with Gasteiger partial charge >= 0.3 is 6.18 Å². The van der Waals surface area contributed by atoms with Gasteiger partial charge in [0.1, 0.15) is 0 Å². The van der Waals surface area contributed by atoms with Gasteiger partial charge < -0.3 is 10.3 Å². The SMILES string of the molecule is FC(F)(F)C1CCC(NCc2cnc[nH]2)CC1. The molecule has 1 fully saturated rings. The highest BCUT2D eigenvalue weighted by Crippen LogP contribution is 2.37. The highest BCUT2D eigenvalue weighted by molar-refractivity contribution is 4.94. The molecule has 0 radical (unpaired) electrons. The molecule has 0 saturated heterocycles. The van der Waals surface area contributed by atoms with Crippen molar-refractivity contribution in [3.8, 4) is 0 Å². The van der Waals surface area contributed by atoms with Gasteiger partial charge in [-0.3, -0.25) is 0 Å². The summed E-state index contributed by atoms with van der Waals surface area (Å²) in [5.74, 6) is -1.10. The summed E-state index contributed by atoms with van der Waals surface area (Å²) < 4.78 is 37.3. The average Bonchev–Trinajstić information content (AvgIpc) is 2.78. The number of aromatic nitrogens is 2. The molecule has 1 saturated carbocycles. The van der Waals surface area contributed by atoms with Crippen LogP contribution in [0, 0.1) is 5.92 Å². The van der Waals surface area contributed by atoms with Gasteiger partial charge in [0.15, 0.2) is 0 Å². The van der Waals surface area contributed by atoms with Gasteiger partial charge in [0.05, 0.1) is 12.2 Å². The van der Waals surface area contributed by atoms with E-state index in [0.29, 0.717) is 19.4 Å². The fourth-order valence-electron chi connectivity index (χ4n) is 2.26. The van der Waals surface area contributed by atoms with Gasteiger partial charge in [0.25, 0.3) is 0 Å². The quantitative estimate of drug-likeness (QED) is 0.862. The first-order valence-corrected chi connectivity index (χ1v) is 5.83. The van der Waals surface area contributed by atoms with E-state index in [-0.39, 0.29) is 18.9 Å². The van der Waals surface area contributed by atoms with Crippen molar-refractivity contribution in [1.82, 2.24) is 15.3 Å². The second kappa shape index (κ2) is 5.08. The molecule has 0 spiro atoms. The molecule has 3 nitrogen and oxygen atoms in total. The summed E-state index contributed by atoms with van der Waals surface area (Å²) in [6.45, 7) is 0.640. The molecule has 0 unspecified atom stereocenters. The standard InChI is InChI=1S/C11H16F3N3/c12-11(13,14)8-1-3-9(4-2-8)16-6-10-5-15-7-17-10/h5,7-9,16H,1-4,6H2,(H,15,17). The molecule has 96 valence electrons. The lowest BCUT2D eigenvalue weighted by atomic mass is 9.85. The van der Waals surface area contributed by atoms with E-state index in [4.69, 9.17) is 0 Å². The molecule has 2 rings (SSSR count). The normalized spacial score (nSPS) is 26.1. The van der Waals surface area contributed by atoms with Gasteiger partial charge in [0.2, 0.25) is 0 Å². The molecule has 0 aliphatic heterocycles. The minimum absolute atomic E-state index is 0.192. The number of hydrogen-bond donors (Lipinski definition) is 2. The van der Waals surface area contributed by atoms with Crippen LogP contribution in [-0.2, 0) is 6.54 Å². The van der Waals surface area contributed by atoms with E-state index >= 15 is 0 Å². The Morgan fingerprint density at radius 2 is 2.00 bits per heavy atom. The molecule has 0 bridgehead atoms. The zero-order valence-corrected chi connectivity index (χ0v) is 9.43. The maximum atomic E-state index is 12.4. The van der Waals surface area contributed by atoms with Gasteiger partial charge in [0, 0.05) is 24.5 Å². The summed E-state index contributed by atoms with van der Waals surface area (Å²) >= 11 is 0. The summed E-state index contributed by atoms with van der Waals surface area (Å²) in [6.07, 6.45) is 0.963. The van der Waals surface area contributed by atoms with E-state index in [9.17, 15) is 13.2 Å². The third-order valence-electron chi connectivity index (χ3n) is 3.33. The molecule has 0 amide bonds. The molecule has 0 aromatic carbocycles. The minimum Gasteiger partial charge on any atom is -0.347 e. The maximum absolute atomic E-state index is 12.4. The van der Waals surface area contributed by atoms with Crippen molar-refractivity contribution in [2.24, 2.45) is 5.92 Å². The van der Waals surface area contributed by atoms with Crippen LogP contribution in [0.4, 0.5) is 13.2 Å². The third-order valence-corrected chi connectivity index (χ3v) is 3.33. The molecule has 1 aromatic rings. The maximum Gasteiger partial charge on any atom is 0.391 e. The smallest absolute Gasteiger partial charge is 0.347 e. The summed E-state index contributed by atoms with van der Waals surface area (Å²) in [5, 5.41) is 3.26. The van der Waals surface area contributed by atoms with Crippen molar-refractivity contribution in [1.29, 1.82) is 0 Å². The summed E-state index contributed by atoms with van der Waals surface area (Å²) in [5.41, 5.74) is 0.961. The van der Waals surface area contributed by atoms with Crippen LogP contribution < -0.4 is 5.32 Å². The van der Waals surface area contributed by atoms with Gasteiger partial charge in [-0.15, -0.1) is 0 Å². The first kappa shape index (κ1) is 12.4. The minimum atomic E-state index is -4.02. The summed E-state index contributed by atoms with van der Waals surface area (Å²) in [6, 6.07) is 0.192. The van der Waals surface area contributed by atoms with E-state index in [2.05, 4.69) is 15.3 Å². The second-order valence-electron chi connectivity index (χ2n) is 4.55. The van der Waals surface area contributed by atoms with Crippen LogP contribution in [0.2, 0.25) is 0 Å². The van der Waals surface area contributed by atoms with E-state index in [1.165, 1.54) is 0 Å². The lowest BCUT2D eigenvalue weighted by Gasteiger charge is -2.30. The molecule has 17 heavy (non-hydrogen) atoms. The first-order chi connectivity index (χ1) is 8.05. The predicted octanol–water partition coefficient (Wildman–Crippen LogP) is 2.62. The molecular formula is C11H16F3N3. The van der Waals surface area contributed by atoms with Gasteiger partial charge in [-0.05, 0) is 25.7 Å². The fraction of sp³-hybridized carbons (Fsp3) is 0.727. The van der Waals surface area contributed by atoms with Crippen LogP contribution >= 0.6 is 0 Å². The molecule has 6 heteroatoms. The Morgan fingerprint density at radius 1 is 1.29 bits per heavy atom. The van der Waals surface area contributed by atoms with Crippen LogP contribution in [0.5, 0.6) is 0 Å². The zero-order chi connectivity index (χ0) is 12.3. The molecule has 1 aliphatic rings. The summed E-state index contributed by atoms with van der Waals surface area (Å²) in [7, 11) is 0. The Labute approximate surface area is 97.8 Å². The van der Waals surface area contributed by atoms with Gasteiger partial charge in [-0.1, -0.05) is 0 Å². The number of rotatable bonds is 3. The molecule has 0 atom stereocenters. The number of nitrogens with zero attached hydrogens (tertiary/aromatic N) is 1. The first-order valence-electron chi connectivity index (χ1n) is 5.83. The van der Waals surface area contributed by atoms with Crippen LogP contribution in [0.3, 0.4) is 0 Å². The van der Waals surface area contributed by atoms with Crippen LogP contribution in [0.15, 0.2) is 12.5 Å². The van der Waals surface area contributed by atoms with Crippen LogP contribution in [-0.4, -0.2) is 22.2 Å². The summed E-state index contributed by atoms with van der Waals surface area (Å²) in [4.78, 5) is 6.84. The van der Waals surface area contributed by atoms with Crippen molar-refractivity contribution in [3.05, 3.63) is 18.2 Å². The second-order valence-corrected chi connectivity index (χ2v) is 4.55. The number of nitrogens with one attached hydrogen (secondary N) is 2. The average molecular weight is 247 g/mol. The van der Waals surface area contributed by atoms with Gasteiger partial charge in [-0.25, -0.2) is 4.98 Å². The van der Waals surface area contributed by atoms with Crippen molar-refractivity contribution < 1.29 is 13.2 Å². The topological polar surface area (TPSA) is 40.7 Å². The van der Waals surface area contributed by atoms with Gasteiger partial charge in [-0.2, -0.15) is 13.2 Å². The van der Waals surface area contributed by atoms with Crippen LogP contribution in [0.1, 0.15) is 31.4 Å². The van der Waals surface area contributed by atoms with Crippen molar-refractivity contribution in [3.63, 3.8) is 0 Å². The fourth-order valence-corrected chi connectivity index (χ4v) is 2.26. The zero-order valence-electron chi connectivity index (χ0n) is 9.43. The van der Waals surface area contributed by atoms with Crippen molar-refractivity contribution in [2.45, 2.75) is 44.4 Å². The molecule has 1 aliphatic carbocycles. The Kier molecular flexibility index (Phi) is 3.71. The number of hydrogen-bond acceptors (Lipinski definition) is 2. The Balaban J connectivity index is 1.72. The number of aromatic amines is 1. The highest BCUT2D eigenvalue weighted by atomic mass is 19.4. The lowest BCUT2D eigenvalue weighted by molar-refractivity contribution is -0.182. The number of H-pyrrole nitrogens is 1. The lowest BCUT2D eigenvalue weighted by Crippen LogP contribution is -2.36. The Hall–Kier alpha value is -1.04. The van der Waals surface area contributed by atoms with E-state index in [0.717, 1.165) is 5.69 Å². The number of alkyl halides is 3. The van der Waals surface area contributed by atoms with Crippen molar-refractivity contribution in [2.75, 3.05) is 0 Å².